The summed E-state index contributed by atoms with van der Waals surface area (Å²) in [4.78, 5) is 0. The van der Waals surface area contributed by atoms with Gasteiger partial charge in [0.2, 0.25) is 0 Å². The van der Waals surface area contributed by atoms with Crippen LogP contribution in [-0.2, 0) is 0 Å². The van der Waals surface area contributed by atoms with Crippen molar-refractivity contribution in [3.8, 4) is 28.4 Å². The minimum Gasteiger partial charge on any atom is -0.508 e. The van der Waals surface area contributed by atoms with Crippen LogP contribution in [0, 0.1) is 13.8 Å². The number of rotatable bonds is 1. The summed E-state index contributed by atoms with van der Waals surface area (Å²) in [6.45, 7) is 3.48. The van der Waals surface area contributed by atoms with Crippen molar-refractivity contribution in [2.75, 3.05) is 0 Å². The van der Waals surface area contributed by atoms with Crippen molar-refractivity contribution < 1.29 is 15.3 Å². The standard InChI is InChI=1S/C14H14O3/c1-8-7-12(16)9(2)14(17)13(8)10-3-5-11(15)6-4-10/h3-7,15-17H,1-2H3. The third-order valence-electron chi connectivity index (χ3n) is 2.88. The van der Waals surface area contributed by atoms with Crippen LogP contribution in [-0.4, -0.2) is 15.3 Å². The minimum atomic E-state index is 0.0770. The first-order valence-electron chi connectivity index (χ1n) is 5.32. The number of aromatic hydroxyl groups is 3. The van der Waals surface area contributed by atoms with Crippen molar-refractivity contribution in [3.63, 3.8) is 0 Å². The van der Waals surface area contributed by atoms with E-state index in [1.54, 1.807) is 37.3 Å². The molecule has 0 aromatic heterocycles. The summed E-state index contributed by atoms with van der Waals surface area (Å²) in [6, 6.07) is 8.21. The molecule has 0 aliphatic carbocycles. The van der Waals surface area contributed by atoms with E-state index in [2.05, 4.69) is 0 Å². The first-order chi connectivity index (χ1) is 8.00. The van der Waals surface area contributed by atoms with Crippen molar-refractivity contribution in [1.82, 2.24) is 0 Å². The smallest absolute Gasteiger partial charge is 0.130 e. The number of hydrogen-bond donors (Lipinski definition) is 3. The molecule has 0 radical (unpaired) electrons. The molecule has 2 rings (SSSR count). The van der Waals surface area contributed by atoms with E-state index in [4.69, 9.17) is 0 Å². The Balaban J connectivity index is 2.67. The largest absolute Gasteiger partial charge is 0.508 e. The Kier molecular flexibility index (Phi) is 2.68. The van der Waals surface area contributed by atoms with Gasteiger partial charge in [-0.05, 0) is 43.2 Å². The molecule has 0 amide bonds. The highest BCUT2D eigenvalue weighted by Crippen LogP contribution is 2.39. The molecule has 0 spiro atoms. The normalized spacial score (nSPS) is 10.5. The summed E-state index contributed by atoms with van der Waals surface area (Å²) in [7, 11) is 0. The second kappa shape index (κ2) is 4.01. The van der Waals surface area contributed by atoms with Crippen LogP contribution in [0.2, 0.25) is 0 Å². The average Bonchev–Trinajstić information content (AvgIpc) is 2.29. The highest BCUT2D eigenvalue weighted by Gasteiger charge is 2.13. The van der Waals surface area contributed by atoms with Crippen molar-refractivity contribution >= 4 is 0 Å². The maximum absolute atomic E-state index is 10.1. The van der Waals surface area contributed by atoms with Gasteiger partial charge in [0, 0.05) is 11.1 Å². The Morgan fingerprint density at radius 1 is 0.882 bits per heavy atom. The highest BCUT2D eigenvalue weighted by molar-refractivity contribution is 5.77. The van der Waals surface area contributed by atoms with Gasteiger partial charge in [-0.1, -0.05) is 12.1 Å². The zero-order valence-corrected chi connectivity index (χ0v) is 9.73. The van der Waals surface area contributed by atoms with Gasteiger partial charge >= 0.3 is 0 Å². The molecule has 0 bridgehead atoms. The summed E-state index contributed by atoms with van der Waals surface area (Å²) in [6.07, 6.45) is 0. The Morgan fingerprint density at radius 3 is 2.06 bits per heavy atom. The first-order valence-corrected chi connectivity index (χ1v) is 5.32. The quantitative estimate of drug-likeness (QED) is 0.705. The van der Waals surface area contributed by atoms with Crippen molar-refractivity contribution in [2.24, 2.45) is 0 Å². The fourth-order valence-corrected chi connectivity index (χ4v) is 1.87. The second-order valence-electron chi connectivity index (χ2n) is 4.11. The molecular formula is C14H14O3. The van der Waals surface area contributed by atoms with Crippen LogP contribution < -0.4 is 0 Å². The van der Waals surface area contributed by atoms with Gasteiger partial charge in [-0.3, -0.25) is 0 Å². The van der Waals surface area contributed by atoms with Crippen molar-refractivity contribution in [1.29, 1.82) is 0 Å². The van der Waals surface area contributed by atoms with E-state index in [-0.39, 0.29) is 17.2 Å². The van der Waals surface area contributed by atoms with E-state index in [9.17, 15) is 15.3 Å². The summed E-state index contributed by atoms with van der Waals surface area (Å²) < 4.78 is 0. The number of phenols is 3. The van der Waals surface area contributed by atoms with E-state index in [0.717, 1.165) is 11.1 Å². The van der Waals surface area contributed by atoms with Crippen LogP contribution in [0.4, 0.5) is 0 Å². The van der Waals surface area contributed by atoms with E-state index in [0.29, 0.717) is 11.1 Å². The van der Waals surface area contributed by atoms with Crippen LogP contribution in [0.5, 0.6) is 17.2 Å². The SMILES string of the molecule is Cc1cc(O)c(C)c(O)c1-c1ccc(O)cc1. The zero-order valence-electron chi connectivity index (χ0n) is 9.73. The first kappa shape index (κ1) is 11.3. The molecule has 0 aliphatic rings. The molecule has 0 saturated carbocycles. The molecule has 0 unspecified atom stereocenters. The zero-order chi connectivity index (χ0) is 12.6. The molecule has 2 aromatic carbocycles. The molecule has 0 heterocycles. The average molecular weight is 230 g/mol. The lowest BCUT2D eigenvalue weighted by Crippen LogP contribution is -1.88. The minimum absolute atomic E-state index is 0.0770. The van der Waals surface area contributed by atoms with E-state index in [1.807, 2.05) is 6.92 Å². The summed E-state index contributed by atoms with van der Waals surface area (Å²) in [5.74, 6) is 0.345. The fraction of sp³-hybridized carbons (Fsp3) is 0.143. The third-order valence-corrected chi connectivity index (χ3v) is 2.88. The Bertz CT molecular complexity index is 557. The van der Waals surface area contributed by atoms with Crippen molar-refractivity contribution in [3.05, 3.63) is 41.5 Å². The van der Waals surface area contributed by atoms with Crippen LogP contribution in [0.3, 0.4) is 0 Å². The van der Waals surface area contributed by atoms with Gasteiger partial charge < -0.3 is 15.3 Å². The van der Waals surface area contributed by atoms with Gasteiger partial charge in [-0.2, -0.15) is 0 Å². The van der Waals surface area contributed by atoms with E-state index >= 15 is 0 Å². The Hall–Kier alpha value is -2.16. The molecule has 3 N–H and O–H groups in total. The molecule has 17 heavy (non-hydrogen) atoms. The molecule has 0 atom stereocenters. The van der Waals surface area contributed by atoms with Gasteiger partial charge in [0.15, 0.2) is 0 Å². The van der Waals surface area contributed by atoms with E-state index < -0.39 is 0 Å². The Labute approximate surface area is 99.6 Å². The molecular weight excluding hydrogens is 216 g/mol. The summed E-state index contributed by atoms with van der Waals surface area (Å²) in [5.41, 5.74) is 2.73. The van der Waals surface area contributed by atoms with Gasteiger partial charge in [0.1, 0.15) is 17.2 Å². The van der Waals surface area contributed by atoms with Crippen LogP contribution >= 0.6 is 0 Å². The van der Waals surface area contributed by atoms with Crippen LogP contribution in [0.1, 0.15) is 11.1 Å². The predicted octanol–water partition coefficient (Wildman–Crippen LogP) is 3.09. The number of phenolic OH excluding ortho intramolecular Hbond substituents is 3. The van der Waals surface area contributed by atoms with Crippen molar-refractivity contribution in [2.45, 2.75) is 13.8 Å². The molecule has 0 aliphatic heterocycles. The summed E-state index contributed by atoms with van der Waals surface area (Å²) >= 11 is 0. The lowest BCUT2D eigenvalue weighted by atomic mass is 9.96. The molecule has 3 heteroatoms. The van der Waals surface area contributed by atoms with E-state index in [1.165, 1.54) is 0 Å². The van der Waals surface area contributed by atoms with Gasteiger partial charge in [-0.25, -0.2) is 0 Å². The topological polar surface area (TPSA) is 60.7 Å². The van der Waals surface area contributed by atoms with Gasteiger partial charge in [0.05, 0.1) is 0 Å². The molecule has 0 fully saturated rings. The van der Waals surface area contributed by atoms with Crippen LogP contribution in [0.15, 0.2) is 30.3 Å². The molecule has 3 nitrogen and oxygen atoms in total. The molecule has 2 aromatic rings. The summed E-state index contributed by atoms with van der Waals surface area (Å²) in [5, 5.41) is 28.9. The maximum atomic E-state index is 10.1. The lowest BCUT2D eigenvalue weighted by molar-refractivity contribution is 0.444. The third kappa shape index (κ3) is 1.91. The Morgan fingerprint density at radius 2 is 1.47 bits per heavy atom. The molecule has 0 saturated heterocycles. The van der Waals surface area contributed by atoms with Gasteiger partial charge in [-0.15, -0.1) is 0 Å². The van der Waals surface area contributed by atoms with Gasteiger partial charge in [0.25, 0.3) is 0 Å². The molecule has 88 valence electrons. The highest BCUT2D eigenvalue weighted by atomic mass is 16.3. The van der Waals surface area contributed by atoms with Crippen LogP contribution in [0.25, 0.3) is 11.1 Å². The lowest BCUT2D eigenvalue weighted by Gasteiger charge is -2.12. The maximum Gasteiger partial charge on any atom is 0.130 e. The monoisotopic (exact) mass is 230 g/mol. The second-order valence-corrected chi connectivity index (χ2v) is 4.11. The predicted molar refractivity (Wildman–Crippen MR) is 66.3 cm³/mol. The number of aryl methyl sites for hydroxylation is 1. The fourth-order valence-electron chi connectivity index (χ4n) is 1.87. The number of hydrogen-bond acceptors (Lipinski definition) is 3. The number of benzene rings is 2.